The average molecular weight is 522 g/mol. The van der Waals surface area contributed by atoms with Crippen LogP contribution < -0.4 is 15.8 Å². The van der Waals surface area contributed by atoms with Crippen molar-refractivity contribution in [1.29, 1.82) is 0 Å². The van der Waals surface area contributed by atoms with Gasteiger partial charge in [0.1, 0.15) is 17.0 Å². The quantitative estimate of drug-likeness (QED) is 0.312. The van der Waals surface area contributed by atoms with Crippen LogP contribution in [0.2, 0.25) is 0 Å². The molecule has 0 spiro atoms. The molecule has 0 bridgehead atoms. The topological polar surface area (TPSA) is 124 Å². The SMILES string of the molecule is COc1ccc(-c2nc(C(=O)NCc3ccc(F)c(F)c3)c([C@@H](N)CO)o2)c2ccc(C(F)(F)F)nc12. The first-order valence-electron chi connectivity index (χ1n) is 10.7. The lowest BCUT2D eigenvalue weighted by Crippen LogP contribution is -2.26. The third-order valence-electron chi connectivity index (χ3n) is 5.40. The number of alkyl halides is 3. The molecule has 13 heteroatoms. The third kappa shape index (κ3) is 5.22. The number of nitrogens with zero attached hydrogens (tertiary/aromatic N) is 2. The van der Waals surface area contributed by atoms with Gasteiger partial charge in [-0.05, 0) is 42.0 Å². The molecule has 4 aromatic rings. The van der Waals surface area contributed by atoms with Crippen molar-refractivity contribution in [2.75, 3.05) is 13.7 Å². The smallest absolute Gasteiger partial charge is 0.433 e. The predicted octanol–water partition coefficient (Wildman–Crippen LogP) is 4.12. The summed E-state index contributed by atoms with van der Waals surface area (Å²) in [6.45, 7) is -0.806. The van der Waals surface area contributed by atoms with Gasteiger partial charge in [-0.15, -0.1) is 0 Å². The van der Waals surface area contributed by atoms with E-state index in [1.54, 1.807) is 0 Å². The fourth-order valence-corrected chi connectivity index (χ4v) is 3.56. The van der Waals surface area contributed by atoms with Gasteiger partial charge in [0.05, 0.1) is 19.8 Å². The zero-order chi connectivity index (χ0) is 26.9. The number of pyridine rings is 1. The summed E-state index contributed by atoms with van der Waals surface area (Å²) >= 11 is 0. The van der Waals surface area contributed by atoms with Crippen LogP contribution >= 0.6 is 0 Å². The van der Waals surface area contributed by atoms with Crippen molar-refractivity contribution in [3.63, 3.8) is 0 Å². The number of nitrogens with two attached hydrogens (primary N) is 1. The summed E-state index contributed by atoms with van der Waals surface area (Å²) in [6, 6.07) is 6.71. The standard InChI is InChI=1S/C24H19F5N4O4/c1-36-17-6-3-13(12-4-7-18(24(27,28)29)32-19(12)17)23-33-20(21(37-23)16(30)10-34)22(35)31-9-11-2-5-14(25)15(26)8-11/h2-8,16,34H,9-10,30H2,1H3,(H,31,35)/t16-/m0/s1. The zero-order valence-corrected chi connectivity index (χ0v) is 19.1. The van der Waals surface area contributed by atoms with E-state index in [9.17, 15) is 31.9 Å². The van der Waals surface area contributed by atoms with E-state index in [4.69, 9.17) is 14.9 Å². The minimum absolute atomic E-state index is 0.0631. The van der Waals surface area contributed by atoms with Gasteiger partial charge in [0.25, 0.3) is 5.91 Å². The Morgan fingerprint density at radius 3 is 2.54 bits per heavy atom. The van der Waals surface area contributed by atoms with Crippen LogP contribution in [-0.4, -0.2) is 34.7 Å². The molecule has 2 heterocycles. The molecule has 0 radical (unpaired) electrons. The van der Waals surface area contributed by atoms with Gasteiger partial charge in [-0.3, -0.25) is 4.79 Å². The van der Waals surface area contributed by atoms with E-state index in [0.717, 1.165) is 18.2 Å². The fraction of sp³-hybridized carbons (Fsp3) is 0.208. The van der Waals surface area contributed by atoms with Gasteiger partial charge in [0, 0.05) is 17.5 Å². The van der Waals surface area contributed by atoms with E-state index in [1.165, 1.54) is 31.4 Å². The van der Waals surface area contributed by atoms with Gasteiger partial charge in [0.15, 0.2) is 23.1 Å². The van der Waals surface area contributed by atoms with Crippen molar-refractivity contribution < 1.29 is 41.0 Å². The number of methoxy groups -OCH3 is 1. The summed E-state index contributed by atoms with van der Waals surface area (Å²) in [5, 5.41) is 12.2. The van der Waals surface area contributed by atoms with E-state index in [1.807, 2.05) is 0 Å². The molecule has 0 saturated carbocycles. The summed E-state index contributed by atoms with van der Waals surface area (Å²) in [4.78, 5) is 20.7. The molecule has 1 atom stereocenters. The molecule has 0 aliphatic carbocycles. The first kappa shape index (κ1) is 26.0. The second-order valence-electron chi connectivity index (χ2n) is 7.86. The largest absolute Gasteiger partial charge is 0.494 e. The van der Waals surface area contributed by atoms with Crippen molar-refractivity contribution >= 4 is 16.8 Å². The van der Waals surface area contributed by atoms with Crippen LogP contribution in [0.5, 0.6) is 5.75 Å². The minimum atomic E-state index is -4.70. The summed E-state index contributed by atoms with van der Waals surface area (Å²) < 4.78 is 77.1. The number of aromatic nitrogens is 2. The summed E-state index contributed by atoms with van der Waals surface area (Å²) in [7, 11) is 1.27. The molecule has 0 saturated heterocycles. The molecule has 4 rings (SSSR count). The molecule has 0 unspecified atom stereocenters. The maximum absolute atomic E-state index is 13.5. The Morgan fingerprint density at radius 2 is 1.89 bits per heavy atom. The fourth-order valence-electron chi connectivity index (χ4n) is 3.56. The van der Waals surface area contributed by atoms with Crippen LogP contribution in [0.3, 0.4) is 0 Å². The molecule has 8 nitrogen and oxygen atoms in total. The molecule has 2 aromatic carbocycles. The molecular weight excluding hydrogens is 503 g/mol. The molecule has 2 aromatic heterocycles. The highest BCUT2D eigenvalue weighted by Crippen LogP contribution is 2.37. The maximum atomic E-state index is 13.5. The van der Waals surface area contributed by atoms with E-state index in [0.29, 0.717) is 0 Å². The zero-order valence-electron chi connectivity index (χ0n) is 19.1. The lowest BCUT2D eigenvalue weighted by atomic mass is 10.1. The van der Waals surface area contributed by atoms with Crippen molar-refractivity contribution in [2.24, 2.45) is 5.73 Å². The predicted molar refractivity (Wildman–Crippen MR) is 120 cm³/mol. The maximum Gasteiger partial charge on any atom is 0.433 e. The van der Waals surface area contributed by atoms with Crippen LogP contribution in [0.15, 0.2) is 46.9 Å². The number of fused-ring (bicyclic) bond motifs is 1. The highest BCUT2D eigenvalue weighted by molar-refractivity contribution is 5.98. The van der Waals surface area contributed by atoms with Crippen molar-refractivity contribution in [1.82, 2.24) is 15.3 Å². The van der Waals surface area contributed by atoms with Gasteiger partial charge in [0.2, 0.25) is 5.89 Å². The monoisotopic (exact) mass is 522 g/mol. The highest BCUT2D eigenvalue weighted by atomic mass is 19.4. The van der Waals surface area contributed by atoms with Gasteiger partial charge in [-0.1, -0.05) is 6.07 Å². The first-order valence-corrected chi connectivity index (χ1v) is 10.7. The third-order valence-corrected chi connectivity index (χ3v) is 5.40. The van der Waals surface area contributed by atoms with Crippen molar-refractivity contribution in [3.8, 4) is 17.2 Å². The van der Waals surface area contributed by atoms with E-state index in [-0.39, 0.29) is 51.7 Å². The number of benzene rings is 2. The molecule has 0 fully saturated rings. The van der Waals surface area contributed by atoms with E-state index in [2.05, 4.69) is 15.3 Å². The number of hydrogen-bond donors (Lipinski definition) is 3. The average Bonchev–Trinajstić information content (AvgIpc) is 3.32. The molecule has 0 aliphatic heterocycles. The molecule has 1 amide bonds. The minimum Gasteiger partial charge on any atom is -0.494 e. The number of ether oxygens (including phenoxy) is 1. The summed E-state index contributed by atoms with van der Waals surface area (Å²) in [6.07, 6.45) is -4.70. The van der Waals surface area contributed by atoms with Crippen LogP contribution in [-0.2, 0) is 12.7 Å². The molecular formula is C24H19F5N4O4. The number of oxazole rings is 1. The van der Waals surface area contributed by atoms with Gasteiger partial charge < -0.3 is 25.3 Å². The van der Waals surface area contributed by atoms with Crippen LogP contribution in [0.25, 0.3) is 22.4 Å². The summed E-state index contributed by atoms with van der Waals surface area (Å²) in [5.41, 5.74) is 4.77. The number of carbonyl (C=O) groups excluding carboxylic acids is 1. The van der Waals surface area contributed by atoms with E-state index < -0.39 is 42.1 Å². The van der Waals surface area contributed by atoms with E-state index >= 15 is 0 Å². The Kier molecular flexibility index (Phi) is 7.09. The van der Waals surface area contributed by atoms with Crippen LogP contribution in [0.1, 0.15) is 33.5 Å². The summed E-state index contributed by atoms with van der Waals surface area (Å²) in [5.74, 6) is -3.24. The number of amides is 1. The number of halogens is 5. The Bertz CT molecular complexity index is 1470. The number of aliphatic hydroxyl groups is 1. The Hall–Kier alpha value is -4.10. The number of carbonyl (C=O) groups is 1. The van der Waals surface area contributed by atoms with Crippen molar-refractivity contribution in [2.45, 2.75) is 18.8 Å². The molecule has 37 heavy (non-hydrogen) atoms. The molecule has 194 valence electrons. The van der Waals surface area contributed by atoms with Crippen LogP contribution in [0, 0.1) is 11.6 Å². The second kappa shape index (κ2) is 10.1. The van der Waals surface area contributed by atoms with Gasteiger partial charge in [-0.25, -0.2) is 18.7 Å². The Balaban J connectivity index is 1.75. The normalized spacial score (nSPS) is 12.5. The Morgan fingerprint density at radius 1 is 1.14 bits per heavy atom. The number of rotatable bonds is 7. The molecule has 4 N–H and O–H groups in total. The van der Waals surface area contributed by atoms with Crippen LogP contribution in [0.4, 0.5) is 22.0 Å². The lowest BCUT2D eigenvalue weighted by Gasteiger charge is -2.11. The lowest BCUT2D eigenvalue weighted by molar-refractivity contribution is -0.140. The van der Waals surface area contributed by atoms with Crippen molar-refractivity contribution in [3.05, 3.63) is 76.8 Å². The Labute approximate surface area is 205 Å². The second-order valence-corrected chi connectivity index (χ2v) is 7.86. The highest BCUT2D eigenvalue weighted by Gasteiger charge is 2.33. The first-order chi connectivity index (χ1) is 17.5. The number of hydrogen-bond acceptors (Lipinski definition) is 7. The number of nitrogens with one attached hydrogen (secondary N) is 1. The number of aliphatic hydroxyl groups excluding tert-OH is 1. The van der Waals surface area contributed by atoms with Gasteiger partial charge >= 0.3 is 6.18 Å². The van der Waals surface area contributed by atoms with Gasteiger partial charge in [-0.2, -0.15) is 13.2 Å². The molecule has 0 aliphatic rings.